The van der Waals surface area contributed by atoms with Gasteiger partial charge in [0.05, 0.1) is 11.4 Å². The zero-order valence-electron chi connectivity index (χ0n) is 17.5. The fourth-order valence-electron chi connectivity index (χ4n) is 3.56. The molecule has 32 heavy (non-hydrogen) atoms. The Labute approximate surface area is 190 Å². The van der Waals surface area contributed by atoms with Crippen LogP contribution in [0.4, 0.5) is 16.2 Å². The minimum Gasteiger partial charge on any atom is -0.354 e. The van der Waals surface area contributed by atoms with Gasteiger partial charge in [-0.25, -0.2) is 4.79 Å². The van der Waals surface area contributed by atoms with Gasteiger partial charge in [0.1, 0.15) is 13.1 Å². The highest BCUT2D eigenvalue weighted by atomic mass is 32.1. The lowest BCUT2D eigenvalue weighted by molar-refractivity contribution is -0.123. The molecule has 4 amide bonds. The van der Waals surface area contributed by atoms with Crippen LogP contribution in [0.2, 0.25) is 0 Å². The van der Waals surface area contributed by atoms with Crippen LogP contribution in [-0.4, -0.2) is 37.5 Å². The number of amides is 4. The monoisotopic (exact) mass is 448 g/mol. The third-order valence-corrected chi connectivity index (χ3v) is 6.10. The summed E-state index contributed by atoms with van der Waals surface area (Å²) in [7, 11) is 0. The molecule has 1 aliphatic rings. The van der Waals surface area contributed by atoms with Crippen molar-refractivity contribution in [1.29, 1.82) is 0 Å². The van der Waals surface area contributed by atoms with Crippen molar-refractivity contribution in [3.63, 3.8) is 0 Å². The van der Waals surface area contributed by atoms with E-state index in [0.717, 1.165) is 12.0 Å². The van der Waals surface area contributed by atoms with Crippen LogP contribution in [0, 0.1) is 0 Å². The van der Waals surface area contributed by atoms with Gasteiger partial charge in [0, 0.05) is 18.0 Å². The summed E-state index contributed by atoms with van der Waals surface area (Å²) >= 11 is 1.65. The van der Waals surface area contributed by atoms with Crippen molar-refractivity contribution in [1.82, 2.24) is 10.6 Å². The van der Waals surface area contributed by atoms with Crippen molar-refractivity contribution >= 4 is 40.6 Å². The van der Waals surface area contributed by atoms with Gasteiger partial charge in [-0.3, -0.25) is 19.4 Å². The number of urea groups is 1. The smallest absolute Gasteiger partial charge is 0.322 e. The van der Waals surface area contributed by atoms with Gasteiger partial charge >= 0.3 is 6.03 Å². The fourth-order valence-corrected chi connectivity index (χ4v) is 4.27. The molecule has 2 N–H and O–H groups in total. The van der Waals surface area contributed by atoms with Gasteiger partial charge in [0.2, 0.25) is 11.8 Å². The number of hydrogen-bond acceptors (Lipinski definition) is 4. The Morgan fingerprint density at radius 3 is 2.41 bits per heavy atom. The van der Waals surface area contributed by atoms with Crippen molar-refractivity contribution in [2.24, 2.45) is 0 Å². The van der Waals surface area contributed by atoms with E-state index in [1.807, 2.05) is 53.9 Å². The van der Waals surface area contributed by atoms with Crippen LogP contribution >= 0.6 is 11.3 Å². The minimum absolute atomic E-state index is 0.0836. The molecule has 7 nitrogen and oxygen atoms in total. The second-order valence-electron chi connectivity index (χ2n) is 7.38. The van der Waals surface area contributed by atoms with E-state index in [0.29, 0.717) is 24.5 Å². The molecule has 1 aliphatic heterocycles. The van der Waals surface area contributed by atoms with Crippen molar-refractivity contribution < 1.29 is 14.4 Å². The summed E-state index contributed by atoms with van der Waals surface area (Å²) in [6.45, 7) is 0.666. The molecule has 2 aromatic carbocycles. The molecular weight excluding hydrogens is 424 g/mol. The van der Waals surface area contributed by atoms with Gasteiger partial charge in [-0.05, 0) is 35.6 Å². The number of hydrogen-bond donors (Lipinski definition) is 2. The number of carbonyl (C=O) groups is 3. The summed E-state index contributed by atoms with van der Waals surface area (Å²) in [4.78, 5) is 42.2. The lowest BCUT2D eigenvalue weighted by atomic mass is 10.1. The van der Waals surface area contributed by atoms with Gasteiger partial charge in [-0.15, -0.1) is 11.3 Å². The molecular formula is C24H24N4O3S. The quantitative estimate of drug-likeness (QED) is 0.583. The van der Waals surface area contributed by atoms with Gasteiger partial charge in [-0.1, -0.05) is 48.5 Å². The van der Waals surface area contributed by atoms with E-state index in [9.17, 15) is 14.4 Å². The number of thiophene rings is 1. The highest BCUT2D eigenvalue weighted by Gasteiger charge is 2.33. The maximum atomic E-state index is 12.9. The predicted molar refractivity (Wildman–Crippen MR) is 126 cm³/mol. The maximum absolute atomic E-state index is 12.9. The van der Waals surface area contributed by atoms with Crippen LogP contribution < -0.4 is 20.4 Å². The Kier molecular flexibility index (Phi) is 6.81. The molecule has 164 valence electrons. The second-order valence-corrected chi connectivity index (χ2v) is 8.41. The Morgan fingerprint density at radius 1 is 0.906 bits per heavy atom. The molecule has 0 atom stereocenters. The van der Waals surface area contributed by atoms with Crippen LogP contribution in [-0.2, 0) is 22.6 Å². The first-order valence-corrected chi connectivity index (χ1v) is 11.3. The van der Waals surface area contributed by atoms with E-state index in [1.165, 1.54) is 14.7 Å². The molecule has 0 saturated carbocycles. The normalized spacial score (nSPS) is 12.9. The van der Waals surface area contributed by atoms with Crippen molar-refractivity contribution in [2.75, 3.05) is 29.4 Å². The van der Waals surface area contributed by atoms with E-state index in [2.05, 4.69) is 10.6 Å². The van der Waals surface area contributed by atoms with Crippen LogP contribution in [0.25, 0.3) is 0 Å². The van der Waals surface area contributed by atoms with E-state index in [-0.39, 0.29) is 30.9 Å². The molecule has 1 aromatic heterocycles. The number of nitrogens with zero attached hydrogens (tertiary/aromatic N) is 2. The van der Waals surface area contributed by atoms with Crippen molar-refractivity contribution in [3.8, 4) is 0 Å². The Morgan fingerprint density at radius 2 is 1.66 bits per heavy atom. The number of anilines is 2. The average Bonchev–Trinajstić information content (AvgIpc) is 3.33. The van der Waals surface area contributed by atoms with E-state index in [4.69, 9.17) is 0 Å². The zero-order chi connectivity index (χ0) is 22.3. The molecule has 0 saturated heterocycles. The van der Waals surface area contributed by atoms with Crippen LogP contribution in [0.1, 0.15) is 10.4 Å². The third-order valence-electron chi connectivity index (χ3n) is 5.16. The summed E-state index contributed by atoms with van der Waals surface area (Å²) in [5, 5.41) is 7.74. The molecule has 4 rings (SSSR count). The molecule has 0 bridgehead atoms. The first-order chi connectivity index (χ1) is 15.6. The Hall–Kier alpha value is -3.65. The second kappa shape index (κ2) is 10.1. The SMILES string of the molecule is O=C(CN1C(=O)CN(C(=O)NCc2ccccc2)c2ccccc21)NCCc1cccs1. The summed E-state index contributed by atoms with van der Waals surface area (Å²) in [6.07, 6.45) is 0.753. The molecule has 0 aliphatic carbocycles. The van der Waals surface area contributed by atoms with E-state index < -0.39 is 0 Å². The maximum Gasteiger partial charge on any atom is 0.322 e. The zero-order valence-corrected chi connectivity index (χ0v) is 18.3. The highest BCUT2D eigenvalue weighted by molar-refractivity contribution is 7.09. The number of para-hydroxylation sites is 2. The Bertz CT molecular complexity index is 1090. The number of carbonyl (C=O) groups excluding carboxylic acids is 3. The topological polar surface area (TPSA) is 81.8 Å². The molecule has 0 fully saturated rings. The highest BCUT2D eigenvalue weighted by Crippen LogP contribution is 2.33. The predicted octanol–water partition coefficient (Wildman–Crippen LogP) is 3.17. The van der Waals surface area contributed by atoms with Crippen molar-refractivity contribution in [3.05, 3.63) is 82.6 Å². The lowest BCUT2D eigenvalue weighted by Gasteiger charge is -2.35. The van der Waals surface area contributed by atoms with Gasteiger partial charge < -0.3 is 10.6 Å². The molecule has 0 spiro atoms. The van der Waals surface area contributed by atoms with E-state index in [1.54, 1.807) is 29.5 Å². The largest absolute Gasteiger partial charge is 0.354 e. The number of benzene rings is 2. The minimum atomic E-state index is -0.352. The van der Waals surface area contributed by atoms with Gasteiger partial charge in [-0.2, -0.15) is 0 Å². The summed E-state index contributed by atoms with van der Waals surface area (Å²) in [6, 6.07) is 20.4. The fraction of sp³-hybridized carbons (Fsp3) is 0.208. The molecule has 0 unspecified atom stereocenters. The van der Waals surface area contributed by atoms with Gasteiger partial charge in [0.25, 0.3) is 0 Å². The number of fused-ring (bicyclic) bond motifs is 1. The van der Waals surface area contributed by atoms with Gasteiger partial charge in [0.15, 0.2) is 0 Å². The number of rotatable bonds is 7. The van der Waals surface area contributed by atoms with Crippen LogP contribution in [0.15, 0.2) is 72.1 Å². The van der Waals surface area contributed by atoms with Crippen LogP contribution in [0.5, 0.6) is 0 Å². The standard InChI is InChI=1S/C24H24N4O3S/c29-22(25-13-12-19-9-6-14-32-19)16-27-20-10-4-5-11-21(20)28(17-23(27)30)24(31)26-15-18-7-2-1-3-8-18/h1-11,14H,12-13,15-17H2,(H,25,29)(H,26,31). The first kappa shape index (κ1) is 21.6. The number of nitrogens with one attached hydrogen (secondary N) is 2. The first-order valence-electron chi connectivity index (χ1n) is 10.4. The third kappa shape index (κ3) is 5.15. The summed E-state index contributed by atoms with van der Waals surface area (Å²) in [5.74, 6) is -0.529. The molecule has 0 radical (unpaired) electrons. The summed E-state index contributed by atoms with van der Waals surface area (Å²) < 4.78 is 0. The molecule has 2 heterocycles. The Balaban J connectivity index is 1.40. The average molecular weight is 449 g/mol. The lowest BCUT2D eigenvalue weighted by Crippen LogP contribution is -2.53. The molecule has 3 aromatic rings. The van der Waals surface area contributed by atoms with E-state index >= 15 is 0 Å². The summed E-state index contributed by atoms with van der Waals surface area (Å²) in [5.41, 5.74) is 2.12. The van der Waals surface area contributed by atoms with Crippen molar-refractivity contribution in [2.45, 2.75) is 13.0 Å². The molecule has 8 heteroatoms. The van der Waals surface area contributed by atoms with Crippen LogP contribution in [0.3, 0.4) is 0 Å².